The summed E-state index contributed by atoms with van der Waals surface area (Å²) >= 11 is 0. The number of hydrogen-bond acceptors (Lipinski definition) is 4. The number of carbonyl (C=O) groups is 1. The second-order valence-electron chi connectivity index (χ2n) is 5.62. The van der Waals surface area contributed by atoms with Crippen molar-refractivity contribution in [2.24, 2.45) is 5.73 Å². The lowest BCUT2D eigenvalue weighted by Gasteiger charge is -2.22. The number of hydrogen-bond donors (Lipinski definition) is 2. The van der Waals surface area contributed by atoms with Crippen LogP contribution in [0.5, 0.6) is 0 Å². The van der Waals surface area contributed by atoms with Crippen LogP contribution in [0.1, 0.15) is 24.8 Å². The Labute approximate surface area is 144 Å². The first-order valence-corrected chi connectivity index (χ1v) is 8.02. The van der Waals surface area contributed by atoms with Gasteiger partial charge in [0.2, 0.25) is 5.91 Å². The topological polar surface area (TPSA) is 73.6 Å². The second-order valence-corrected chi connectivity index (χ2v) is 5.62. The number of halogens is 1. The zero-order valence-electron chi connectivity index (χ0n) is 13.4. The highest BCUT2D eigenvalue weighted by atomic mass is 35.5. The van der Waals surface area contributed by atoms with Crippen LogP contribution in [0.3, 0.4) is 0 Å². The second kappa shape index (κ2) is 11.4. The van der Waals surface area contributed by atoms with Crippen molar-refractivity contribution in [2.45, 2.75) is 37.8 Å². The molecular formula is C17H27ClN2O3. The van der Waals surface area contributed by atoms with Gasteiger partial charge in [0.05, 0.1) is 12.1 Å². The van der Waals surface area contributed by atoms with Gasteiger partial charge in [-0.05, 0) is 31.2 Å². The Morgan fingerprint density at radius 1 is 1.30 bits per heavy atom. The van der Waals surface area contributed by atoms with Crippen LogP contribution < -0.4 is 11.1 Å². The van der Waals surface area contributed by atoms with E-state index < -0.39 is 6.04 Å². The molecule has 1 amide bonds. The zero-order chi connectivity index (χ0) is 15.6. The van der Waals surface area contributed by atoms with Crippen LogP contribution in [0.25, 0.3) is 0 Å². The Bertz CT molecular complexity index is 439. The average Bonchev–Trinajstić information content (AvgIpc) is 2.56. The lowest BCUT2D eigenvalue weighted by Crippen LogP contribution is -2.42. The predicted molar refractivity (Wildman–Crippen MR) is 92.8 cm³/mol. The molecule has 0 spiro atoms. The van der Waals surface area contributed by atoms with Gasteiger partial charge in [-0.1, -0.05) is 30.3 Å². The fraction of sp³-hybridized carbons (Fsp3) is 0.588. The molecule has 2 rings (SSSR count). The maximum absolute atomic E-state index is 11.9. The Morgan fingerprint density at radius 3 is 2.70 bits per heavy atom. The van der Waals surface area contributed by atoms with E-state index in [1.165, 1.54) is 0 Å². The first-order chi connectivity index (χ1) is 10.8. The Hall–Kier alpha value is -1.14. The molecule has 3 N–H and O–H groups in total. The molecule has 0 bridgehead atoms. The summed E-state index contributed by atoms with van der Waals surface area (Å²) in [5, 5.41) is 2.87. The minimum absolute atomic E-state index is 0. The number of benzene rings is 1. The minimum atomic E-state index is -0.501. The molecule has 5 nitrogen and oxygen atoms in total. The highest BCUT2D eigenvalue weighted by Crippen LogP contribution is 2.10. The van der Waals surface area contributed by atoms with Gasteiger partial charge in [-0.25, -0.2) is 0 Å². The molecular weight excluding hydrogens is 316 g/mol. The van der Waals surface area contributed by atoms with Gasteiger partial charge in [0.1, 0.15) is 0 Å². The van der Waals surface area contributed by atoms with E-state index in [1.54, 1.807) is 0 Å². The molecule has 1 fully saturated rings. The van der Waals surface area contributed by atoms with E-state index in [2.05, 4.69) is 5.32 Å². The van der Waals surface area contributed by atoms with Crippen molar-refractivity contribution >= 4 is 18.3 Å². The lowest BCUT2D eigenvalue weighted by atomic mass is 10.1. The monoisotopic (exact) mass is 342 g/mol. The zero-order valence-corrected chi connectivity index (χ0v) is 14.2. The fourth-order valence-corrected chi connectivity index (χ4v) is 2.47. The summed E-state index contributed by atoms with van der Waals surface area (Å²) in [5.74, 6) is -0.102. The van der Waals surface area contributed by atoms with Crippen LogP contribution in [-0.4, -0.2) is 44.4 Å². The van der Waals surface area contributed by atoms with Gasteiger partial charge in [-0.2, -0.15) is 0 Å². The van der Waals surface area contributed by atoms with E-state index in [9.17, 15) is 4.79 Å². The molecule has 6 heteroatoms. The third-order valence-electron chi connectivity index (χ3n) is 3.78. The Morgan fingerprint density at radius 2 is 2.00 bits per heavy atom. The van der Waals surface area contributed by atoms with Gasteiger partial charge in [0.15, 0.2) is 0 Å². The molecule has 0 aromatic heterocycles. The smallest absolute Gasteiger partial charge is 0.237 e. The van der Waals surface area contributed by atoms with Crippen molar-refractivity contribution in [3.8, 4) is 0 Å². The molecule has 1 aliphatic heterocycles. The molecule has 23 heavy (non-hydrogen) atoms. The summed E-state index contributed by atoms with van der Waals surface area (Å²) in [5.41, 5.74) is 7.00. The predicted octanol–water partition coefficient (Wildman–Crippen LogP) is 1.68. The van der Waals surface area contributed by atoms with Crippen molar-refractivity contribution in [1.82, 2.24) is 5.32 Å². The summed E-state index contributed by atoms with van der Waals surface area (Å²) in [6.07, 6.45) is 3.61. The fourth-order valence-electron chi connectivity index (χ4n) is 2.47. The third-order valence-corrected chi connectivity index (χ3v) is 3.78. The number of amides is 1. The molecule has 1 aromatic rings. The molecule has 1 aromatic carbocycles. The van der Waals surface area contributed by atoms with Crippen LogP contribution >= 0.6 is 12.4 Å². The van der Waals surface area contributed by atoms with E-state index in [4.69, 9.17) is 15.2 Å². The van der Waals surface area contributed by atoms with Crippen LogP contribution in [0, 0.1) is 0 Å². The molecule has 0 saturated carbocycles. The molecule has 130 valence electrons. The van der Waals surface area contributed by atoms with Crippen molar-refractivity contribution < 1.29 is 14.3 Å². The van der Waals surface area contributed by atoms with Crippen LogP contribution in [-0.2, 0) is 20.7 Å². The average molecular weight is 343 g/mol. The highest BCUT2D eigenvalue weighted by molar-refractivity contribution is 5.85. The number of nitrogens with one attached hydrogen (secondary N) is 1. The molecule has 1 aliphatic rings. The van der Waals surface area contributed by atoms with Gasteiger partial charge in [0, 0.05) is 26.4 Å². The van der Waals surface area contributed by atoms with Crippen molar-refractivity contribution in [2.75, 3.05) is 26.4 Å². The molecule has 0 unspecified atom stereocenters. The largest absolute Gasteiger partial charge is 0.381 e. The van der Waals surface area contributed by atoms with E-state index in [0.29, 0.717) is 25.7 Å². The van der Waals surface area contributed by atoms with E-state index in [1.807, 2.05) is 30.3 Å². The lowest BCUT2D eigenvalue weighted by molar-refractivity contribution is -0.122. The number of rotatable bonds is 8. The third kappa shape index (κ3) is 7.79. The molecule has 0 aliphatic carbocycles. The first-order valence-electron chi connectivity index (χ1n) is 8.02. The van der Waals surface area contributed by atoms with Gasteiger partial charge < -0.3 is 20.5 Å². The number of nitrogens with two attached hydrogens (primary N) is 1. The van der Waals surface area contributed by atoms with Gasteiger partial charge in [-0.3, -0.25) is 4.79 Å². The Kier molecular flexibility index (Phi) is 9.87. The van der Waals surface area contributed by atoms with E-state index >= 15 is 0 Å². The summed E-state index contributed by atoms with van der Waals surface area (Å²) < 4.78 is 11.0. The highest BCUT2D eigenvalue weighted by Gasteiger charge is 2.15. The van der Waals surface area contributed by atoms with Gasteiger partial charge >= 0.3 is 0 Å². The summed E-state index contributed by atoms with van der Waals surface area (Å²) in [6, 6.07) is 9.32. The van der Waals surface area contributed by atoms with Gasteiger partial charge in [-0.15, -0.1) is 12.4 Å². The molecule has 1 atom stereocenters. The maximum Gasteiger partial charge on any atom is 0.237 e. The first kappa shape index (κ1) is 19.9. The van der Waals surface area contributed by atoms with E-state index in [-0.39, 0.29) is 18.3 Å². The molecule has 1 heterocycles. The summed E-state index contributed by atoms with van der Waals surface area (Å²) in [4.78, 5) is 11.9. The number of ether oxygens (including phenoxy) is 2. The summed E-state index contributed by atoms with van der Waals surface area (Å²) in [7, 11) is 0. The number of carbonyl (C=O) groups excluding carboxylic acids is 1. The van der Waals surface area contributed by atoms with Crippen LogP contribution in [0.4, 0.5) is 0 Å². The van der Waals surface area contributed by atoms with Crippen LogP contribution in [0.15, 0.2) is 30.3 Å². The van der Waals surface area contributed by atoms with Crippen LogP contribution in [0.2, 0.25) is 0 Å². The van der Waals surface area contributed by atoms with E-state index in [0.717, 1.165) is 38.0 Å². The normalized spacial score (nSPS) is 16.4. The van der Waals surface area contributed by atoms with Crippen molar-refractivity contribution in [1.29, 1.82) is 0 Å². The van der Waals surface area contributed by atoms with Crippen molar-refractivity contribution in [3.05, 3.63) is 35.9 Å². The quantitative estimate of drug-likeness (QED) is 0.705. The van der Waals surface area contributed by atoms with Gasteiger partial charge in [0.25, 0.3) is 0 Å². The standard InChI is InChI=1S/C17H26N2O3.ClH/c18-16(13-14-5-2-1-3-6-14)17(20)19-9-4-10-22-15-7-11-21-12-8-15;/h1-3,5-6,15-16H,4,7-13,18H2,(H,19,20);1H/t16-;/m0./s1. The molecule has 1 saturated heterocycles. The maximum atomic E-state index is 11.9. The minimum Gasteiger partial charge on any atom is -0.381 e. The molecule has 0 radical (unpaired) electrons. The Balaban J connectivity index is 0.00000264. The van der Waals surface area contributed by atoms with Crippen molar-refractivity contribution in [3.63, 3.8) is 0 Å². The summed E-state index contributed by atoms with van der Waals surface area (Å²) in [6.45, 7) is 2.84. The SMILES string of the molecule is Cl.N[C@@H](Cc1ccccc1)C(=O)NCCCOC1CCOCC1.